The molecule has 0 bridgehead atoms. The highest BCUT2D eigenvalue weighted by Gasteiger charge is 2.09. The lowest BCUT2D eigenvalue weighted by Gasteiger charge is -2.04. The summed E-state index contributed by atoms with van der Waals surface area (Å²) in [5.41, 5.74) is 1.87. The van der Waals surface area contributed by atoms with Crippen molar-refractivity contribution >= 4 is 45.7 Å². The van der Waals surface area contributed by atoms with Gasteiger partial charge >= 0.3 is 0 Å². The van der Waals surface area contributed by atoms with Gasteiger partial charge in [-0.2, -0.15) is 0 Å². The van der Waals surface area contributed by atoms with Gasteiger partial charge in [-0.3, -0.25) is 0 Å². The van der Waals surface area contributed by atoms with E-state index in [1.807, 2.05) is 25.1 Å². The second-order valence-electron chi connectivity index (χ2n) is 3.05. The molecule has 1 aromatic heterocycles. The molecule has 0 saturated heterocycles. The smallest absolute Gasteiger partial charge is 0.149 e. The Bertz CT molecular complexity index is 508. The SMILES string of the molecule is Cc1ccc2nc(Cl)c(Cl)c(Cl)c2c1. The van der Waals surface area contributed by atoms with E-state index >= 15 is 0 Å². The second-order valence-corrected chi connectivity index (χ2v) is 4.17. The lowest BCUT2D eigenvalue weighted by molar-refractivity contribution is 1.39. The van der Waals surface area contributed by atoms with Gasteiger partial charge in [0.15, 0.2) is 0 Å². The average molecular weight is 247 g/mol. The first-order valence-corrected chi connectivity index (χ1v) is 5.14. The molecule has 0 N–H and O–H groups in total. The van der Waals surface area contributed by atoms with Gasteiger partial charge < -0.3 is 0 Å². The van der Waals surface area contributed by atoms with Crippen LogP contribution in [0.25, 0.3) is 10.9 Å². The molecular formula is C10H6Cl3N. The summed E-state index contributed by atoms with van der Waals surface area (Å²) in [6.07, 6.45) is 0. The van der Waals surface area contributed by atoms with Crippen LogP contribution < -0.4 is 0 Å². The predicted molar refractivity (Wildman–Crippen MR) is 61.5 cm³/mol. The van der Waals surface area contributed by atoms with Crippen molar-refractivity contribution in [3.8, 4) is 0 Å². The van der Waals surface area contributed by atoms with E-state index in [0.717, 1.165) is 16.5 Å². The van der Waals surface area contributed by atoms with E-state index < -0.39 is 0 Å². The maximum absolute atomic E-state index is 6.05. The largest absolute Gasteiger partial charge is 0.234 e. The van der Waals surface area contributed by atoms with Gasteiger partial charge in [-0.15, -0.1) is 0 Å². The molecule has 4 heteroatoms. The van der Waals surface area contributed by atoms with Crippen molar-refractivity contribution < 1.29 is 0 Å². The van der Waals surface area contributed by atoms with Gasteiger partial charge in [0.05, 0.1) is 15.6 Å². The van der Waals surface area contributed by atoms with Crippen LogP contribution in [0.1, 0.15) is 5.56 Å². The third-order valence-corrected chi connectivity index (χ3v) is 3.21. The first-order chi connectivity index (χ1) is 6.59. The van der Waals surface area contributed by atoms with Gasteiger partial charge in [0.25, 0.3) is 0 Å². The van der Waals surface area contributed by atoms with E-state index in [2.05, 4.69) is 4.98 Å². The minimum Gasteiger partial charge on any atom is -0.234 e. The van der Waals surface area contributed by atoms with E-state index in [1.54, 1.807) is 0 Å². The summed E-state index contributed by atoms with van der Waals surface area (Å²) in [6.45, 7) is 1.98. The van der Waals surface area contributed by atoms with Crippen LogP contribution in [0.2, 0.25) is 15.2 Å². The van der Waals surface area contributed by atoms with Gasteiger partial charge in [0.2, 0.25) is 0 Å². The van der Waals surface area contributed by atoms with E-state index in [0.29, 0.717) is 10.0 Å². The molecule has 1 nitrogen and oxygen atoms in total. The molecule has 2 rings (SSSR count). The van der Waals surface area contributed by atoms with Gasteiger partial charge in [-0.1, -0.05) is 46.4 Å². The molecule has 1 heterocycles. The molecule has 0 saturated carbocycles. The van der Waals surface area contributed by atoms with Gasteiger partial charge in [0, 0.05) is 5.39 Å². The first kappa shape index (κ1) is 10.0. The minimum atomic E-state index is 0.244. The Labute approximate surface area is 96.6 Å². The average Bonchev–Trinajstić information content (AvgIpc) is 2.16. The fraction of sp³-hybridized carbons (Fsp3) is 0.100. The summed E-state index contributed by atoms with van der Waals surface area (Å²) in [5.74, 6) is 0. The molecule has 1 aromatic carbocycles. The van der Waals surface area contributed by atoms with Crippen molar-refractivity contribution in [2.24, 2.45) is 0 Å². The van der Waals surface area contributed by atoms with Crippen molar-refractivity contribution in [3.05, 3.63) is 39.0 Å². The molecule has 0 aliphatic heterocycles. The number of aryl methyl sites for hydroxylation is 1. The number of halogens is 3. The first-order valence-electron chi connectivity index (χ1n) is 4.00. The number of fused-ring (bicyclic) bond motifs is 1. The highest BCUT2D eigenvalue weighted by atomic mass is 35.5. The molecule has 14 heavy (non-hydrogen) atoms. The van der Waals surface area contributed by atoms with Crippen LogP contribution in [-0.4, -0.2) is 4.98 Å². The fourth-order valence-corrected chi connectivity index (χ4v) is 1.91. The quantitative estimate of drug-likeness (QED) is 0.624. The molecule has 0 aliphatic carbocycles. The number of nitrogens with zero attached hydrogens (tertiary/aromatic N) is 1. The molecule has 72 valence electrons. The summed E-state index contributed by atoms with van der Waals surface area (Å²) < 4.78 is 0. The van der Waals surface area contributed by atoms with E-state index in [4.69, 9.17) is 34.8 Å². The van der Waals surface area contributed by atoms with Crippen LogP contribution in [-0.2, 0) is 0 Å². The van der Waals surface area contributed by atoms with E-state index in [9.17, 15) is 0 Å². The zero-order valence-corrected chi connectivity index (χ0v) is 9.58. The van der Waals surface area contributed by atoms with Crippen molar-refractivity contribution in [3.63, 3.8) is 0 Å². The topological polar surface area (TPSA) is 12.9 Å². The third kappa shape index (κ3) is 1.56. The van der Waals surface area contributed by atoms with Crippen LogP contribution in [0, 0.1) is 6.92 Å². The molecule has 0 amide bonds. The van der Waals surface area contributed by atoms with E-state index in [1.165, 1.54) is 0 Å². The zero-order chi connectivity index (χ0) is 10.3. The molecule has 2 aromatic rings. The Morgan fingerprint density at radius 2 is 1.79 bits per heavy atom. The fourth-order valence-electron chi connectivity index (χ4n) is 1.29. The van der Waals surface area contributed by atoms with Crippen molar-refractivity contribution in [1.29, 1.82) is 0 Å². The van der Waals surface area contributed by atoms with Crippen molar-refractivity contribution in [1.82, 2.24) is 4.98 Å². The predicted octanol–water partition coefficient (Wildman–Crippen LogP) is 4.50. The molecule has 0 spiro atoms. The summed E-state index contributed by atoms with van der Waals surface area (Å²) in [6, 6.07) is 5.77. The Hall–Kier alpha value is -0.500. The van der Waals surface area contributed by atoms with Gasteiger partial charge in [-0.05, 0) is 19.1 Å². The lowest BCUT2D eigenvalue weighted by atomic mass is 10.1. The second kappa shape index (κ2) is 3.58. The lowest BCUT2D eigenvalue weighted by Crippen LogP contribution is -1.84. The summed E-state index contributed by atoms with van der Waals surface area (Å²) in [5, 5.41) is 1.85. The molecule has 0 aliphatic rings. The number of pyridine rings is 1. The number of hydrogen-bond donors (Lipinski definition) is 0. The zero-order valence-electron chi connectivity index (χ0n) is 7.31. The normalized spacial score (nSPS) is 10.9. The third-order valence-electron chi connectivity index (χ3n) is 1.98. The van der Waals surface area contributed by atoms with Crippen LogP contribution in [0.5, 0.6) is 0 Å². The Morgan fingerprint density at radius 3 is 2.50 bits per heavy atom. The standard InChI is InChI=1S/C10H6Cl3N/c1-5-2-3-7-6(4-5)8(11)9(12)10(13)14-7/h2-4H,1H3. The van der Waals surface area contributed by atoms with Crippen molar-refractivity contribution in [2.45, 2.75) is 6.92 Å². The van der Waals surface area contributed by atoms with Gasteiger partial charge in [0.1, 0.15) is 5.15 Å². The van der Waals surface area contributed by atoms with Crippen LogP contribution >= 0.6 is 34.8 Å². The number of hydrogen-bond acceptors (Lipinski definition) is 1. The van der Waals surface area contributed by atoms with E-state index in [-0.39, 0.29) is 5.15 Å². The Kier molecular flexibility index (Phi) is 2.56. The molecule has 0 unspecified atom stereocenters. The highest BCUT2D eigenvalue weighted by Crippen LogP contribution is 2.34. The van der Waals surface area contributed by atoms with Crippen LogP contribution in [0.3, 0.4) is 0 Å². The molecule has 0 radical (unpaired) electrons. The monoisotopic (exact) mass is 245 g/mol. The van der Waals surface area contributed by atoms with Crippen LogP contribution in [0.15, 0.2) is 18.2 Å². The molecule has 0 fully saturated rings. The molecular weight excluding hydrogens is 240 g/mol. The number of benzene rings is 1. The summed E-state index contributed by atoms with van der Waals surface area (Å²) >= 11 is 17.7. The Morgan fingerprint density at radius 1 is 1.07 bits per heavy atom. The Balaban J connectivity index is 2.92. The highest BCUT2D eigenvalue weighted by molar-refractivity contribution is 6.49. The summed E-state index contributed by atoms with van der Waals surface area (Å²) in [7, 11) is 0. The maximum atomic E-state index is 6.05. The number of rotatable bonds is 0. The minimum absolute atomic E-state index is 0.244. The maximum Gasteiger partial charge on any atom is 0.149 e. The summed E-state index contributed by atoms with van der Waals surface area (Å²) in [4.78, 5) is 4.13. The molecule has 0 atom stereocenters. The van der Waals surface area contributed by atoms with Gasteiger partial charge in [-0.25, -0.2) is 4.98 Å². The van der Waals surface area contributed by atoms with Crippen LogP contribution in [0.4, 0.5) is 0 Å². The van der Waals surface area contributed by atoms with Crippen molar-refractivity contribution in [2.75, 3.05) is 0 Å². The number of aromatic nitrogens is 1.